The van der Waals surface area contributed by atoms with E-state index < -0.39 is 0 Å². The van der Waals surface area contributed by atoms with Gasteiger partial charge in [0.05, 0.1) is 0 Å². The quantitative estimate of drug-likeness (QED) is 0.468. The zero-order valence-corrected chi connectivity index (χ0v) is 11.5. The smallest absolute Gasteiger partial charge is 0.0244 e. The van der Waals surface area contributed by atoms with Crippen LogP contribution in [-0.2, 0) is 12.8 Å². The summed E-state index contributed by atoms with van der Waals surface area (Å²) in [7, 11) is 0. The largest absolute Gasteiger partial charge is 0.0885 e. The third-order valence-electron chi connectivity index (χ3n) is 3.29. The molecular formula is C19H22. The minimum absolute atomic E-state index is 1.15. The van der Waals surface area contributed by atoms with Crippen molar-refractivity contribution in [2.45, 2.75) is 32.1 Å². The highest BCUT2D eigenvalue weighted by atomic mass is 14.0. The Bertz CT molecular complexity index is 468. The molecule has 0 nitrogen and oxygen atoms in total. The van der Waals surface area contributed by atoms with Gasteiger partial charge in [-0.3, -0.25) is 0 Å². The summed E-state index contributed by atoms with van der Waals surface area (Å²) >= 11 is 0. The molecule has 2 aromatic rings. The lowest BCUT2D eigenvalue weighted by atomic mass is 10.1. The number of hydrogen-bond acceptors (Lipinski definition) is 0. The summed E-state index contributed by atoms with van der Waals surface area (Å²) in [5.74, 6) is 0. The molecule has 0 bridgehead atoms. The number of hydrogen-bond donors (Lipinski definition) is 0. The van der Waals surface area contributed by atoms with Gasteiger partial charge in [-0.2, -0.15) is 0 Å². The lowest BCUT2D eigenvalue weighted by molar-refractivity contribution is 0.838. The van der Waals surface area contributed by atoms with E-state index in [2.05, 4.69) is 72.8 Å². The Balaban J connectivity index is 1.57. The molecule has 0 saturated carbocycles. The molecule has 0 heteroatoms. The first-order valence-electron chi connectivity index (χ1n) is 7.18. The Hall–Kier alpha value is -1.82. The van der Waals surface area contributed by atoms with Gasteiger partial charge >= 0.3 is 0 Å². The number of unbranched alkanes of at least 4 members (excludes halogenated alkanes) is 1. The first kappa shape index (κ1) is 13.6. The molecule has 0 radical (unpaired) electrons. The molecule has 0 N–H and O–H groups in total. The minimum atomic E-state index is 1.15. The molecule has 0 aliphatic rings. The number of allylic oxidation sites excluding steroid dienone is 2. The Morgan fingerprint density at radius 1 is 0.579 bits per heavy atom. The van der Waals surface area contributed by atoms with Crippen LogP contribution in [0.2, 0.25) is 0 Å². The Morgan fingerprint density at radius 2 is 1.11 bits per heavy atom. The minimum Gasteiger partial charge on any atom is -0.0885 e. The fourth-order valence-electron chi connectivity index (χ4n) is 2.20. The average Bonchev–Trinajstić information content (AvgIpc) is 2.48. The van der Waals surface area contributed by atoms with Crippen LogP contribution in [-0.4, -0.2) is 0 Å². The van der Waals surface area contributed by atoms with Crippen LogP contribution in [0.5, 0.6) is 0 Å². The standard InChI is InChI=1S/C19H22/c1(2-6-12-18-14-8-4-9-15-18)3-7-13-19-16-10-5-11-17-19/h1-2,4-5,8-11,14-17H,3,6-7,12-13H2/b2-1-. The molecule has 0 amide bonds. The second-order valence-electron chi connectivity index (χ2n) is 4.87. The van der Waals surface area contributed by atoms with Crippen LogP contribution in [0.1, 0.15) is 30.4 Å². The van der Waals surface area contributed by atoms with Gasteiger partial charge in [-0.15, -0.1) is 0 Å². The van der Waals surface area contributed by atoms with Gasteiger partial charge in [0.2, 0.25) is 0 Å². The van der Waals surface area contributed by atoms with E-state index in [-0.39, 0.29) is 0 Å². The second-order valence-corrected chi connectivity index (χ2v) is 4.87. The predicted octanol–water partition coefficient (Wildman–Crippen LogP) is 5.20. The van der Waals surface area contributed by atoms with E-state index in [9.17, 15) is 0 Å². The van der Waals surface area contributed by atoms with Crippen molar-refractivity contribution in [1.82, 2.24) is 0 Å². The van der Waals surface area contributed by atoms with Crippen LogP contribution in [0, 0.1) is 0 Å². The van der Waals surface area contributed by atoms with E-state index in [1.807, 2.05) is 0 Å². The van der Waals surface area contributed by atoms with Gasteiger partial charge in [0.1, 0.15) is 0 Å². The van der Waals surface area contributed by atoms with Gasteiger partial charge in [0.15, 0.2) is 0 Å². The van der Waals surface area contributed by atoms with Crippen molar-refractivity contribution in [2.24, 2.45) is 0 Å². The Morgan fingerprint density at radius 3 is 1.74 bits per heavy atom. The molecule has 2 aromatic carbocycles. The summed E-state index contributed by atoms with van der Waals surface area (Å²) in [4.78, 5) is 0. The highest BCUT2D eigenvalue weighted by molar-refractivity contribution is 5.15. The molecule has 0 heterocycles. The highest BCUT2D eigenvalue weighted by Crippen LogP contribution is 2.06. The molecule has 0 saturated heterocycles. The topological polar surface area (TPSA) is 0 Å². The summed E-state index contributed by atoms with van der Waals surface area (Å²) in [6.07, 6.45) is 10.6. The molecule has 98 valence electrons. The van der Waals surface area contributed by atoms with Gasteiger partial charge < -0.3 is 0 Å². The SMILES string of the molecule is C(=C/CCc1ccccc1)/CCCc1ccccc1. The molecule has 19 heavy (non-hydrogen) atoms. The Labute approximate surface area is 116 Å². The van der Waals surface area contributed by atoms with Crippen molar-refractivity contribution in [1.29, 1.82) is 0 Å². The van der Waals surface area contributed by atoms with E-state index in [4.69, 9.17) is 0 Å². The van der Waals surface area contributed by atoms with Gasteiger partial charge in [-0.1, -0.05) is 72.8 Å². The van der Waals surface area contributed by atoms with Gasteiger partial charge in [0, 0.05) is 0 Å². The van der Waals surface area contributed by atoms with Crippen molar-refractivity contribution in [3.05, 3.63) is 83.9 Å². The number of benzene rings is 2. The molecule has 2 rings (SSSR count). The van der Waals surface area contributed by atoms with Crippen LogP contribution in [0.25, 0.3) is 0 Å². The zero-order valence-electron chi connectivity index (χ0n) is 11.5. The molecule has 0 aromatic heterocycles. The maximum Gasteiger partial charge on any atom is -0.0244 e. The van der Waals surface area contributed by atoms with E-state index >= 15 is 0 Å². The van der Waals surface area contributed by atoms with Crippen molar-refractivity contribution in [2.75, 3.05) is 0 Å². The van der Waals surface area contributed by atoms with Crippen LogP contribution >= 0.6 is 0 Å². The summed E-state index contributed by atoms with van der Waals surface area (Å²) in [5.41, 5.74) is 2.87. The molecular weight excluding hydrogens is 228 g/mol. The van der Waals surface area contributed by atoms with E-state index in [0.29, 0.717) is 0 Å². The first-order chi connectivity index (χ1) is 9.45. The third kappa shape index (κ3) is 5.56. The van der Waals surface area contributed by atoms with Crippen LogP contribution in [0.4, 0.5) is 0 Å². The van der Waals surface area contributed by atoms with Gasteiger partial charge in [-0.05, 0) is 43.2 Å². The average molecular weight is 250 g/mol. The zero-order chi connectivity index (χ0) is 13.2. The lowest BCUT2D eigenvalue weighted by Gasteiger charge is -1.98. The van der Waals surface area contributed by atoms with Crippen LogP contribution < -0.4 is 0 Å². The molecule has 0 spiro atoms. The molecule has 0 fully saturated rings. The predicted molar refractivity (Wildman–Crippen MR) is 83.3 cm³/mol. The van der Waals surface area contributed by atoms with E-state index in [0.717, 1.165) is 12.8 Å². The van der Waals surface area contributed by atoms with Crippen molar-refractivity contribution in [3.63, 3.8) is 0 Å². The normalized spacial score (nSPS) is 10.9. The maximum absolute atomic E-state index is 2.33. The van der Waals surface area contributed by atoms with Crippen molar-refractivity contribution >= 4 is 0 Å². The van der Waals surface area contributed by atoms with Crippen molar-refractivity contribution < 1.29 is 0 Å². The third-order valence-corrected chi connectivity index (χ3v) is 3.29. The fourth-order valence-corrected chi connectivity index (χ4v) is 2.20. The van der Waals surface area contributed by atoms with Crippen LogP contribution in [0.3, 0.4) is 0 Å². The van der Waals surface area contributed by atoms with Gasteiger partial charge in [0.25, 0.3) is 0 Å². The molecule has 0 atom stereocenters. The highest BCUT2D eigenvalue weighted by Gasteiger charge is 1.90. The Kier molecular flexibility index (Phi) is 5.95. The number of aryl methyl sites for hydroxylation is 2. The molecule has 0 unspecified atom stereocenters. The van der Waals surface area contributed by atoms with Gasteiger partial charge in [-0.25, -0.2) is 0 Å². The number of rotatable bonds is 7. The summed E-state index contributed by atoms with van der Waals surface area (Å²) in [6, 6.07) is 21.4. The monoisotopic (exact) mass is 250 g/mol. The second kappa shape index (κ2) is 8.31. The lowest BCUT2D eigenvalue weighted by Crippen LogP contribution is -1.83. The van der Waals surface area contributed by atoms with E-state index in [1.54, 1.807) is 0 Å². The first-order valence-corrected chi connectivity index (χ1v) is 7.18. The molecule has 0 aliphatic carbocycles. The summed E-state index contributed by atoms with van der Waals surface area (Å²) in [6.45, 7) is 0. The van der Waals surface area contributed by atoms with Crippen molar-refractivity contribution in [3.8, 4) is 0 Å². The molecule has 0 aliphatic heterocycles. The van der Waals surface area contributed by atoms with Crippen LogP contribution in [0.15, 0.2) is 72.8 Å². The maximum atomic E-state index is 2.33. The fraction of sp³-hybridized carbons (Fsp3) is 0.263. The summed E-state index contributed by atoms with van der Waals surface area (Å²) in [5, 5.41) is 0. The summed E-state index contributed by atoms with van der Waals surface area (Å²) < 4.78 is 0. The van der Waals surface area contributed by atoms with E-state index in [1.165, 1.54) is 30.4 Å².